The minimum absolute atomic E-state index is 0.219. The van der Waals surface area contributed by atoms with Gasteiger partial charge in [-0.2, -0.15) is 0 Å². The molecular weight excluding hydrogens is 262 g/mol. The highest BCUT2D eigenvalue weighted by Crippen LogP contribution is 2.20. The molecule has 1 aromatic carbocycles. The van der Waals surface area contributed by atoms with Gasteiger partial charge in [0.05, 0.1) is 12.8 Å². The highest BCUT2D eigenvalue weighted by Gasteiger charge is 2.15. The van der Waals surface area contributed by atoms with Crippen molar-refractivity contribution in [1.29, 1.82) is 0 Å². The van der Waals surface area contributed by atoms with Crippen LogP contribution in [0.4, 0.5) is 8.78 Å². The first-order valence-electron chi connectivity index (χ1n) is 6.48. The molecule has 3 nitrogen and oxygen atoms in total. The van der Waals surface area contributed by atoms with Crippen molar-refractivity contribution in [1.82, 2.24) is 4.90 Å². The van der Waals surface area contributed by atoms with Gasteiger partial charge in [0.15, 0.2) is 11.6 Å². The summed E-state index contributed by atoms with van der Waals surface area (Å²) in [6.45, 7) is 1.32. The molecule has 0 radical (unpaired) electrons. The van der Waals surface area contributed by atoms with Gasteiger partial charge >= 0.3 is 0 Å². The molecular formula is C15H18F2N2O. The Morgan fingerprint density at radius 2 is 2.05 bits per heavy atom. The van der Waals surface area contributed by atoms with Gasteiger partial charge in [-0.25, -0.2) is 8.78 Å². The van der Waals surface area contributed by atoms with Crippen LogP contribution < -0.4 is 5.73 Å². The molecule has 1 aromatic heterocycles. The van der Waals surface area contributed by atoms with Crippen LogP contribution in [0.2, 0.25) is 0 Å². The fourth-order valence-electron chi connectivity index (χ4n) is 2.07. The molecule has 0 bridgehead atoms. The van der Waals surface area contributed by atoms with Gasteiger partial charge in [-0.15, -0.1) is 0 Å². The van der Waals surface area contributed by atoms with E-state index in [0.717, 1.165) is 11.8 Å². The summed E-state index contributed by atoms with van der Waals surface area (Å²) in [4.78, 5) is 2.02. The maximum Gasteiger partial charge on any atom is 0.163 e. The third-order valence-electron chi connectivity index (χ3n) is 3.21. The molecule has 0 aliphatic rings. The first-order valence-corrected chi connectivity index (χ1v) is 6.48. The van der Waals surface area contributed by atoms with Gasteiger partial charge in [-0.1, -0.05) is 12.1 Å². The normalized spacial score (nSPS) is 12.8. The Bertz CT molecular complexity index is 543. The number of hydrogen-bond donors (Lipinski definition) is 1. The lowest BCUT2D eigenvalue weighted by molar-refractivity contribution is 0.283. The van der Waals surface area contributed by atoms with Gasteiger partial charge in [-0.05, 0) is 31.7 Å². The molecule has 2 rings (SSSR count). The van der Waals surface area contributed by atoms with Crippen molar-refractivity contribution in [3.63, 3.8) is 0 Å². The van der Waals surface area contributed by atoms with Gasteiger partial charge in [-0.3, -0.25) is 4.90 Å². The first kappa shape index (κ1) is 14.7. The molecule has 2 N–H and O–H groups in total. The number of furan rings is 1. The Labute approximate surface area is 117 Å². The molecule has 0 spiro atoms. The second-order valence-electron chi connectivity index (χ2n) is 4.86. The van der Waals surface area contributed by atoms with Crippen molar-refractivity contribution in [2.45, 2.75) is 19.0 Å². The summed E-state index contributed by atoms with van der Waals surface area (Å²) in [6, 6.07) is 7.29. The second kappa shape index (κ2) is 6.63. The topological polar surface area (TPSA) is 42.4 Å². The zero-order valence-electron chi connectivity index (χ0n) is 11.4. The average molecular weight is 280 g/mol. The Balaban J connectivity index is 1.88. The van der Waals surface area contributed by atoms with Crippen LogP contribution >= 0.6 is 0 Å². The van der Waals surface area contributed by atoms with Crippen LogP contribution in [-0.2, 0) is 6.54 Å². The van der Waals surface area contributed by atoms with E-state index in [1.54, 1.807) is 6.26 Å². The first-order chi connectivity index (χ1) is 9.58. The van der Waals surface area contributed by atoms with Gasteiger partial charge in [0.1, 0.15) is 5.76 Å². The Morgan fingerprint density at radius 1 is 1.25 bits per heavy atom. The van der Waals surface area contributed by atoms with Gasteiger partial charge < -0.3 is 10.2 Å². The molecule has 0 amide bonds. The minimum atomic E-state index is -0.859. The molecule has 0 aliphatic heterocycles. The van der Waals surface area contributed by atoms with Crippen molar-refractivity contribution < 1.29 is 13.2 Å². The zero-order valence-corrected chi connectivity index (χ0v) is 11.4. The van der Waals surface area contributed by atoms with Crippen LogP contribution in [0.3, 0.4) is 0 Å². The summed E-state index contributed by atoms with van der Waals surface area (Å²) in [7, 11) is 1.93. The third kappa shape index (κ3) is 3.65. The zero-order chi connectivity index (χ0) is 14.5. The van der Waals surface area contributed by atoms with Crippen LogP contribution in [0.25, 0.3) is 0 Å². The van der Waals surface area contributed by atoms with Gasteiger partial charge in [0, 0.05) is 18.2 Å². The highest BCUT2D eigenvalue weighted by atomic mass is 19.2. The summed E-state index contributed by atoms with van der Waals surface area (Å²) < 4.78 is 32.0. The minimum Gasteiger partial charge on any atom is -0.468 e. The lowest BCUT2D eigenvalue weighted by Crippen LogP contribution is -2.24. The molecule has 1 unspecified atom stereocenters. The molecule has 0 fully saturated rings. The van der Waals surface area contributed by atoms with Crippen LogP contribution in [-0.4, -0.2) is 18.5 Å². The molecule has 0 aliphatic carbocycles. The number of hydrogen-bond acceptors (Lipinski definition) is 3. The number of nitrogens with two attached hydrogens (primary N) is 1. The van der Waals surface area contributed by atoms with Crippen molar-refractivity contribution in [3.05, 3.63) is 59.6 Å². The molecule has 1 atom stereocenters. The summed E-state index contributed by atoms with van der Waals surface area (Å²) >= 11 is 0. The quantitative estimate of drug-likeness (QED) is 0.884. The fraction of sp³-hybridized carbons (Fsp3) is 0.333. The molecule has 0 saturated carbocycles. The smallest absolute Gasteiger partial charge is 0.163 e. The van der Waals surface area contributed by atoms with Crippen molar-refractivity contribution >= 4 is 0 Å². The third-order valence-corrected chi connectivity index (χ3v) is 3.21. The largest absolute Gasteiger partial charge is 0.468 e. The van der Waals surface area contributed by atoms with Gasteiger partial charge in [0.25, 0.3) is 0 Å². The summed E-state index contributed by atoms with van der Waals surface area (Å²) in [6.07, 6.45) is 2.16. The number of benzene rings is 1. The number of nitrogens with zero attached hydrogens (tertiary/aromatic N) is 1. The lowest BCUT2D eigenvalue weighted by atomic mass is 10.0. The van der Waals surface area contributed by atoms with E-state index in [2.05, 4.69) is 0 Å². The van der Waals surface area contributed by atoms with E-state index in [-0.39, 0.29) is 5.56 Å². The van der Waals surface area contributed by atoms with E-state index in [0.29, 0.717) is 19.5 Å². The van der Waals surface area contributed by atoms with E-state index in [4.69, 9.17) is 10.2 Å². The second-order valence-corrected chi connectivity index (χ2v) is 4.86. The van der Waals surface area contributed by atoms with E-state index >= 15 is 0 Å². The molecule has 0 saturated heterocycles. The van der Waals surface area contributed by atoms with Crippen LogP contribution in [0.5, 0.6) is 0 Å². The average Bonchev–Trinajstić information content (AvgIpc) is 2.92. The molecule has 20 heavy (non-hydrogen) atoms. The van der Waals surface area contributed by atoms with E-state index < -0.39 is 17.7 Å². The SMILES string of the molecule is CN(CCC(N)c1cccc(F)c1F)Cc1ccco1. The van der Waals surface area contributed by atoms with E-state index in [1.165, 1.54) is 12.1 Å². The Kier molecular flexibility index (Phi) is 4.87. The van der Waals surface area contributed by atoms with Crippen LogP contribution in [0.15, 0.2) is 41.0 Å². The summed E-state index contributed by atoms with van der Waals surface area (Å²) in [5, 5.41) is 0. The van der Waals surface area contributed by atoms with Gasteiger partial charge in [0.2, 0.25) is 0 Å². The Morgan fingerprint density at radius 3 is 2.75 bits per heavy atom. The van der Waals surface area contributed by atoms with E-state index in [9.17, 15) is 8.78 Å². The standard InChI is InChI=1S/C15H18F2N2O/c1-19(10-11-4-3-9-20-11)8-7-14(18)12-5-2-6-13(16)15(12)17/h2-6,9,14H,7-8,10,18H2,1H3. The molecule has 1 heterocycles. The highest BCUT2D eigenvalue weighted by molar-refractivity contribution is 5.22. The van der Waals surface area contributed by atoms with Crippen molar-refractivity contribution in [3.8, 4) is 0 Å². The number of halogens is 2. The fourth-order valence-corrected chi connectivity index (χ4v) is 2.07. The Hall–Kier alpha value is -1.72. The summed E-state index contributed by atoms with van der Waals surface area (Å²) in [5.74, 6) is -0.853. The maximum absolute atomic E-state index is 13.6. The van der Waals surface area contributed by atoms with Crippen LogP contribution in [0.1, 0.15) is 23.8 Å². The molecule has 108 valence electrons. The van der Waals surface area contributed by atoms with Crippen molar-refractivity contribution in [2.24, 2.45) is 5.73 Å². The monoisotopic (exact) mass is 280 g/mol. The number of rotatable bonds is 6. The lowest BCUT2D eigenvalue weighted by Gasteiger charge is -2.19. The molecule has 2 aromatic rings. The summed E-state index contributed by atoms with van der Waals surface area (Å²) in [5.41, 5.74) is 6.15. The molecule has 5 heteroatoms. The predicted octanol–water partition coefficient (Wildman–Crippen LogP) is 3.08. The van der Waals surface area contributed by atoms with Crippen LogP contribution in [0, 0.1) is 11.6 Å². The maximum atomic E-state index is 13.6. The van der Waals surface area contributed by atoms with Crippen molar-refractivity contribution in [2.75, 3.05) is 13.6 Å². The van der Waals surface area contributed by atoms with E-state index in [1.807, 2.05) is 24.1 Å². The predicted molar refractivity (Wildman–Crippen MR) is 72.9 cm³/mol.